The molecule has 48 heavy (non-hydrogen) atoms. The number of benzene rings is 1. The van der Waals surface area contributed by atoms with Crippen LogP contribution in [0.2, 0.25) is 0 Å². The van der Waals surface area contributed by atoms with Crippen LogP contribution in [0.4, 0.5) is 9.59 Å². The zero-order chi connectivity index (χ0) is 34.9. The molecule has 5 atom stereocenters. The van der Waals surface area contributed by atoms with E-state index in [-0.39, 0.29) is 25.8 Å². The number of carbonyl (C=O) groups excluding carboxylic acids is 5. The van der Waals surface area contributed by atoms with Crippen molar-refractivity contribution in [1.29, 1.82) is 0 Å². The molecule has 15 nitrogen and oxygen atoms in total. The summed E-state index contributed by atoms with van der Waals surface area (Å²) in [6, 6.07) is 5.38. The van der Waals surface area contributed by atoms with Crippen LogP contribution in [-0.4, -0.2) is 84.0 Å². The summed E-state index contributed by atoms with van der Waals surface area (Å²) in [6.45, 7) is 5.66. The van der Waals surface area contributed by atoms with Crippen LogP contribution in [0.1, 0.15) is 76.8 Å². The number of nitrogens with zero attached hydrogens (tertiary/aromatic N) is 2. The Kier molecular flexibility index (Phi) is 10.1. The lowest BCUT2D eigenvalue weighted by molar-refractivity contribution is -0.141. The van der Waals surface area contributed by atoms with Gasteiger partial charge in [0.1, 0.15) is 29.3 Å². The minimum Gasteiger partial charge on any atom is -0.444 e. The highest BCUT2D eigenvalue weighted by atomic mass is 32.2. The van der Waals surface area contributed by atoms with Gasteiger partial charge in [0, 0.05) is 25.4 Å². The SMILES string of the molecule is CC(C)(C)OC(=O)N[C@H]1CCCCCC=C[C@@H]2C[C@@]2(C(=O)NS(N)(=O)=O)NC(=O)[C@@H]2C[C@@H](OC(=O)N3Cc4ccccc4C3)CN2C1=O. The molecule has 5 rings (SSSR count). The summed E-state index contributed by atoms with van der Waals surface area (Å²) >= 11 is 0. The Hall–Kier alpha value is -4.18. The lowest BCUT2D eigenvalue weighted by Crippen LogP contribution is -2.58. The standard InChI is InChI=1S/C32H44N6O9S/c1-31(2,3)47-29(42)34-24-14-8-6-4-5-7-13-22-16-32(22,28(41)36-48(33,44)45)35-26(39)25-15-23(19-38(25)27(24)40)46-30(43)37-17-20-11-9-10-12-21(20)18-37/h7,9-13,22-25H,4-6,8,14-19H2,1-3H3,(H,34,42)(H,35,39)(H,36,41)(H2,33,44,45)/t22-,23-,24+,25+,32-/m1/s1. The minimum atomic E-state index is -4.43. The van der Waals surface area contributed by atoms with Crippen LogP contribution in [0.5, 0.6) is 0 Å². The highest BCUT2D eigenvalue weighted by molar-refractivity contribution is 7.87. The largest absolute Gasteiger partial charge is 0.444 e. The lowest BCUT2D eigenvalue weighted by Gasteiger charge is -2.30. The summed E-state index contributed by atoms with van der Waals surface area (Å²) < 4.78 is 36.5. The molecule has 1 saturated carbocycles. The van der Waals surface area contributed by atoms with E-state index in [0.29, 0.717) is 25.9 Å². The number of nitrogens with one attached hydrogen (secondary N) is 3. The van der Waals surface area contributed by atoms with E-state index in [2.05, 4.69) is 10.6 Å². The smallest absolute Gasteiger partial charge is 0.410 e. The molecule has 0 radical (unpaired) electrons. The summed E-state index contributed by atoms with van der Waals surface area (Å²) in [7, 11) is -4.43. The van der Waals surface area contributed by atoms with E-state index in [1.165, 1.54) is 9.80 Å². The van der Waals surface area contributed by atoms with Gasteiger partial charge in [-0.25, -0.2) is 19.5 Å². The molecule has 0 bridgehead atoms. The van der Waals surface area contributed by atoms with E-state index < -0.39 is 75.4 Å². The Balaban J connectivity index is 1.40. The predicted octanol–water partition coefficient (Wildman–Crippen LogP) is 1.72. The minimum absolute atomic E-state index is 0.0867. The van der Waals surface area contributed by atoms with Crippen LogP contribution in [0.3, 0.4) is 0 Å². The van der Waals surface area contributed by atoms with Crippen molar-refractivity contribution in [2.45, 2.75) is 108 Å². The Morgan fingerprint density at radius 2 is 1.75 bits per heavy atom. The molecule has 0 unspecified atom stereocenters. The zero-order valence-electron chi connectivity index (χ0n) is 27.4. The molecule has 4 aliphatic rings. The third-order valence-corrected chi connectivity index (χ3v) is 9.41. The first-order chi connectivity index (χ1) is 22.5. The predicted molar refractivity (Wildman–Crippen MR) is 172 cm³/mol. The molecular formula is C32H44N6O9S. The first kappa shape index (κ1) is 35.1. The number of alkyl carbamates (subject to hydrolysis) is 1. The topological polar surface area (TPSA) is 207 Å². The van der Waals surface area contributed by atoms with Gasteiger partial charge in [-0.1, -0.05) is 49.3 Å². The van der Waals surface area contributed by atoms with Crippen molar-refractivity contribution in [1.82, 2.24) is 25.2 Å². The Morgan fingerprint density at radius 1 is 1.06 bits per heavy atom. The van der Waals surface area contributed by atoms with Crippen LogP contribution in [0.15, 0.2) is 36.4 Å². The van der Waals surface area contributed by atoms with Gasteiger partial charge >= 0.3 is 12.2 Å². The maximum absolute atomic E-state index is 14.2. The van der Waals surface area contributed by atoms with E-state index in [0.717, 1.165) is 24.0 Å². The summed E-state index contributed by atoms with van der Waals surface area (Å²) in [5.41, 5.74) is -0.444. The molecule has 2 fully saturated rings. The van der Waals surface area contributed by atoms with Crippen LogP contribution >= 0.6 is 0 Å². The summed E-state index contributed by atoms with van der Waals surface area (Å²) in [5, 5.41) is 10.4. The van der Waals surface area contributed by atoms with Crippen LogP contribution in [-0.2, 0) is 47.2 Å². The molecule has 1 aromatic rings. The van der Waals surface area contributed by atoms with Crippen LogP contribution in [0.25, 0.3) is 0 Å². The Bertz CT molecular complexity index is 1570. The van der Waals surface area contributed by atoms with Crippen LogP contribution < -0.4 is 20.5 Å². The van der Waals surface area contributed by atoms with Crippen molar-refractivity contribution in [3.63, 3.8) is 0 Å². The lowest BCUT2D eigenvalue weighted by atomic mass is 10.0. The number of amides is 5. The molecule has 1 saturated heterocycles. The third-order valence-electron chi connectivity index (χ3n) is 8.94. The van der Waals surface area contributed by atoms with Crippen molar-refractivity contribution >= 4 is 40.1 Å². The molecule has 5 amide bonds. The average Bonchev–Trinajstić information content (AvgIpc) is 3.30. The van der Waals surface area contributed by atoms with Crippen molar-refractivity contribution in [2.24, 2.45) is 11.1 Å². The zero-order valence-corrected chi connectivity index (χ0v) is 28.2. The van der Waals surface area contributed by atoms with Gasteiger partial charge in [-0.05, 0) is 57.6 Å². The number of rotatable bonds is 4. The molecule has 16 heteroatoms. The van der Waals surface area contributed by atoms with Crippen molar-refractivity contribution in [2.75, 3.05) is 6.54 Å². The van der Waals surface area contributed by atoms with Gasteiger partial charge in [-0.15, -0.1) is 0 Å². The second-order valence-corrected chi connectivity index (χ2v) is 15.2. The Morgan fingerprint density at radius 3 is 2.40 bits per heavy atom. The summed E-state index contributed by atoms with van der Waals surface area (Å²) in [6.07, 6.45) is 4.38. The molecule has 0 aromatic heterocycles. The van der Waals surface area contributed by atoms with Gasteiger partial charge < -0.3 is 25.0 Å². The number of ether oxygens (including phenoxy) is 2. The van der Waals surface area contributed by atoms with Gasteiger partial charge in [-0.3, -0.25) is 19.3 Å². The third kappa shape index (κ3) is 8.45. The fraction of sp³-hybridized carbons (Fsp3) is 0.594. The molecule has 1 aliphatic carbocycles. The number of fused-ring (bicyclic) bond motifs is 3. The molecule has 5 N–H and O–H groups in total. The maximum atomic E-state index is 14.2. The molecule has 3 heterocycles. The van der Waals surface area contributed by atoms with Crippen molar-refractivity contribution in [3.8, 4) is 0 Å². The van der Waals surface area contributed by atoms with Crippen molar-refractivity contribution < 1.29 is 41.9 Å². The number of nitrogens with two attached hydrogens (primary N) is 1. The molecule has 1 aromatic carbocycles. The normalized spacial score (nSPS) is 27.8. The number of allylic oxidation sites excluding steroid dienone is 1. The van der Waals surface area contributed by atoms with E-state index in [1.54, 1.807) is 31.6 Å². The van der Waals surface area contributed by atoms with E-state index >= 15 is 0 Å². The van der Waals surface area contributed by atoms with Crippen molar-refractivity contribution in [3.05, 3.63) is 47.5 Å². The monoisotopic (exact) mass is 688 g/mol. The van der Waals surface area contributed by atoms with E-state index in [4.69, 9.17) is 14.6 Å². The first-order valence-corrected chi connectivity index (χ1v) is 17.8. The van der Waals surface area contributed by atoms with Gasteiger partial charge in [-0.2, -0.15) is 8.42 Å². The van der Waals surface area contributed by atoms with Gasteiger partial charge in [0.2, 0.25) is 11.8 Å². The highest BCUT2D eigenvalue weighted by Gasteiger charge is 2.61. The number of hydrogen-bond donors (Lipinski definition) is 4. The van der Waals surface area contributed by atoms with Gasteiger partial charge in [0.05, 0.1) is 6.54 Å². The highest BCUT2D eigenvalue weighted by Crippen LogP contribution is 2.45. The second-order valence-electron chi connectivity index (χ2n) is 13.9. The number of carbonyl (C=O) groups is 5. The fourth-order valence-electron chi connectivity index (χ4n) is 6.51. The molecular weight excluding hydrogens is 644 g/mol. The fourth-order valence-corrected chi connectivity index (χ4v) is 6.96. The summed E-state index contributed by atoms with van der Waals surface area (Å²) in [5.74, 6) is -2.81. The quantitative estimate of drug-likeness (QED) is 0.339. The summed E-state index contributed by atoms with van der Waals surface area (Å²) in [4.78, 5) is 70.2. The first-order valence-electron chi connectivity index (χ1n) is 16.2. The number of hydrogen-bond acceptors (Lipinski definition) is 9. The molecule has 3 aliphatic heterocycles. The van der Waals surface area contributed by atoms with Gasteiger partial charge in [0.25, 0.3) is 16.1 Å². The second kappa shape index (κ2) is 13.7. The Labute approximate surface area is 280 Å². The van der Waals surface area contributed by atoms with E-state index in [9.17, 15) is 32.4 Å². The van der Waals surface area contributed by atoms with E-state index in [1.807, 2.05) is 30.3 Å². The molecule has 262 valence electrons. The molecule has 0 spiro atoms. The van der Waals surface area contributed by atoms with Gasteiger partial charge in [0.15, 0.2) is 0 Å². The average molecular weight is 689 g/mol. The maximum Gasteiger partial charge on any atom is 0.410 e. The van der Waals surface area contributed by atoms with Crippen LogP contribution in [0, 0.1) is 5.92 Å².